The number of benzene rings is 4. The number of hydrogen-bond donors (Lipinski definition) is 0. The van der Waals surface area contributed by atoms with E-state index in [2.05, 4.69) is 42.5 Å². The van der Waals surface area contributed by atoms with Crippen LogP contribution < -0.4 is 4.57 Å². The predicted molar refractivity (Wildman–Crippen MR) is 121 cm³/mol. The van der Waals surface area contributed by atoms with E-state index in [0.717, 1.165) is 39.8 Å². The molecule has 0 atom stereocenters. The zero-order chi connectivity index (χ0) is 21.7. The Morgan fingerprint density at radius 3 is 1.97 bits per heavy atom. The molecule has 5 aromatic rings. The van der Waals surface area contributed by atoms with E-state index < -0.39 is 11.6 Å². The molecule has 0 saturated carbocycles. The van der Waals surface area contributed by atoms with E-state index in [1.165, 1.54) is 6.07 Å². The van der Waals surface area contributed by atoms with Crippen LogP contribution in [-0.4, -0.2) is 4.57 Å². The molecule has 4 aromatic carbocycles. The van der Waals surface area contributed by atoms with Crippen LogP contribution in [0.2, 0.25) is 0 Å². The molecule has 6 rings (SSSR count). The highest BCUT2D eigenvalue weighted by molar-refractivity contribution is 5.86. The molecule has 0 amide bonds. The number of aromatic nitrogens is 2. The molecule has 0 saturated heterocycles. The first kappa shape index (κ1) is 18.7. The van der Waals surface area contributed by atoms with Crippen molar-refractivity contribution in [3.05, 3.63) is 121 Å². The molecule has 1 aliphatic heterocycles. The van der Waals surface area contributed by atoms with Gasteiger partial charge in [0.2, 0.25) is 0 Å². The molecule has 32 heavy (non-hydrogen) atoms. The summed E-state index contributed by atoms with van der Waals surface area (Å²) in [5.41, 5.74) is 6.32. The summed E-state index contributed by atoms with van der Waals surface area (Å²) >= 11 is 0. The molecule has 1 aromatic heterocycles. The summed E-state index contributed by atoms with van der Waals surface area (Å²) in [7, 11) is 0. The largest absolute Gasteiger partial charge is 0.297 e. The molecule has 154 valence electrons. The Balaban J connectivity index is 1.68. The molecule has 2 nitrogen and oxygen atoms in total. The van der Waals surface area contributed by atoms with Crippen LogP contribution >= 0.6 is 0 Å². The van der Waals surface area contributed by atoms with Crippen molar-refractivity contribution in [1.29, 1.82) is 0 Å². The summed E-state index contributed by atoms with van der Waals surface area (Å²) < 4.78 is 32.9. The molecular formula is C28H19F2N2+. The van der Waals surface area contributed by atoms with Gasteiger partial charge in [-0.2, -0.15) is 4.57 Å². The fourth-order valence-corrected chi connectivity index (χ4v) is 4.69. The Bertz CT molecular complexity index is 1400. The fraction of sp³-hybridized carbons (Fsp3) is 0.0357. The van der Waals surface area contributed by atoms with Crippen molar-refractivity contribution < 1.29 is 13.3 Å². The van der Waals surface area contributed by atoms with Crippen molar-refractivity contribution >= 4 is 0 Å². The Morgan fingerprint density at radius 2 is 1.34 bits per heavy atom. The van der Waals surface area contributed by atoms with Gasteiger partial charge in [0.1, 0.15) is 41.8 Å². The van der Waals surface area contributed by atoms with E-state index in [1.54, 1.807) is 0 Å². The standard InChI is InChI=1S/C28H19F2N2/c29-22-16-21-18-31-14-15-32(28(31)26(21)25(30)17-22)27-23(19-8-3-1-4-9-19)12-7-13-24(27)20-10-5-2-6-11-20/h1-17H,18H2/q+1. The summed E-state index contributed by atoms with van der Waals surface area (Å²) in [6, 6.07) is 29.0. The molecule has 0 spiro atoms. The van der Waals surface area contributed by atoms with Gasteiger partial charge in [0, 0.05) is 22.8 Å². The average Bonchev–Trinajstić information content (AvgIpc) is 3.38. The van der Waals surface area contributed by atoms with Gasteiger partial charge in [-0.25, -0.2) is 13.3 Å². The maximum Gasteiger partial charge on any atom is 0.297 e. The van der Waals surface area contributed by atoms with Gasteiger partial charge in [0.05, 0.1) is 0 Å². The second kappa shape index (κ2) is 7.27. The van der Waals surface area contributed by atoms with Crippen LogP contribution in [0.3, 0.4) is 0 Å². The van der Waals surface area contributed by atoms with E-state index >= 15 is 0 Å². The van der Waals surface area contributed by atoms with Crippen molar-refractivity contribution in [1.82, 2.24) is 4.57 Å². The second-order valence-corrected chi connectivity index (χ2v) is 7.98. The lowest BCUT2D eigenvalue weighted by Gasteiger charge is -2.14. The van der Waals surface area contributed by atoms with Gasteiger partial charge in [-0.05, 0) is 17.2 Å². The topological polar surface area (TPSA) is 8.81 Å². The lowest BCUT2D eigenvalue weighted by molar-refractivity contribution is -0.671. The SMILES string of the molecule is Fc1cc(F)c2c(c1)C[n+]1ccn(-c3c(-c4ccccc4)cccc3-c3ccccc3)c1-2. The number of rotatable bonds is 3. The maximum atomic E-state index is 15.0. The van der Waals surface area contributed by atoms with Crippen LogP contribution in [0.25, 0.3) is 39.3 Å². The molecule has 1 aliphatic rings. The van der Waals surface area contributed by atoms with E-state index in [4.69, 9.17) is 0 Å². The third-order valence-corrected chi connectivity index (χ3v) is 6.04. The summed E-state index contributed by atoms with van der Waals surface area (Å²) in [4.78, 5) is 0. The first-order chi connectivity index (χ1) is 15.7. The molecule has 0 aliphatic carbocycles. The van der Waals surface area contributed by atoms with Gasteiger partial charge in [-0.3, -0.25) is 0 Å². The molecule has 2 heterocycles. The van der Waals surface area contributed by atoms with Gasteiger partial charge in [-0.15, -0.1) is 0 Å². The smallest absolute Gasteiger partial charge is 0.225 e. The maximum absolute atomic E-state index is 15.0. The van der Waals surface area contributed by atoms with Gasteiger partial charge in [0.25, 0.3) is 5.82 Å². The Labute approximate surface area is 184 Å². The van der Waals surface area contributed by atoms with Gasteiger partial charge < -0.3 is 0 Å². The first-order valence-corrected chi connectivity index (χ1v) is 10.5. The second-order valence-electron chi connectivity index (χ2n) is 7.98. The minimum absolute atomic E-state index is 0.445. The highest BCUT2D eigenvalue weighted by Crippen LogP contribution is 2.39. The van der Waals surface area contributed by atoms with Crippen molar-refractivity contribution in [3.8, 4) is 39.3 Å². The Hall–Kier alpha value is -4.05. The zero-order valence-electron chi connectivity index (χ0n) is 17.2. The molecule has 0 unspecified atom stereocenters. The summed E-state index contributed by atoms with van der Waals surface area (Å²) in [5, 5.41) is 0. The van der Waals surface area contributed by atoms with E-state index in [9.17, 15) is 8.78 Å². The third kappa shape index (κ3) is 2.88. The molecule has 0 N–H and O–H groups in total. The van der Waals surface area contributed by atoms with Gasteiger partial charge in [-0.1, -0.05) is 78.9 Å². The lowest BCUT2D eigenvalue weighted by atomic mass is 9.95. The molecular weight excluding hydrogens is 402 g/mol. The molecule has 0 radical (unpaired) electrons. The minimum atomic E-state index is -0.548. The summed E-state index contributed by atoms with van der Waals surface area (Å²) in [6.07, 6.45) is 3.90. The third-order valence-electron chi connectivity index (χ3n) is 6.04. The number of halogens is 2. The van der Waals surface area contributed by atoms with Gasteiger partial charge >= 0.3 is 0 Å². The number of para-hydroxylation sites is 1. The van der Waals surface area contributed by atoms with E-state index in [-0.39, 0.29) is 0 Å². The Kier molecular flexibility index (Phi) is 4.25. The lowest BCUT2D eigenvalue weighted by Crippen LogP contribution is -2.30. The van der Waals surface area contributed by atoms with Crippen LogP contribution in [0.4, 0.5) is 8.78 Å². The van der Waals surface area contributed by atoms with E-state index in [0.29, 0.717) is 17.7 Å². The van der Waals surface area contributed by atoms with Crippen LogP contribution in [0.1, 0.15) is 5.56 Å². The quantitative estimate of drug-likeness (QED) is 0.292. The number of hydrogen-bond acceptors (Lipinski definition) is 0. The number of imidazole rings is 1. The van der Waals surface area contributed by atoms with Crippen molar-refractivity contribution in [2.75, 3.05) is 0 Å². The normalized spacial score (nSPS) is 11.9. The molecule has 0 fully saturated rings. The average molecular weight is 421 g/mol. The van der Waals surface area contributed by atoms with Crippen LogP contribution in [-0.2, 0) is 6.54 Å². The molecule has 4 heteroatoms. The van der Waals surface area contributed by atoms with E-state index in [1.807, 2.05) is 57.9 Å². The Morgan fingerprint density at radius 1 is 0.719 bits per heavy atom. The minimum Gasteiger partial charge on any atom is -0.225 e. The fourth-order valence-electron chi connectivity index (χ4n) is 4.69. The van der Waals surface area contributed by atoms with Crippen LogP contribution in [0, 0.1) is 11.6 Å². The van der Waals surface area contributed by atoms with Crippen LogP contribution in [0.5, 0.6) is 0 Å². The monoisotopic (exact) mass is 421 g/mol. The number of nitrogens with zero attached hydrogens (tertiary/aromatic N) is 2. The van der Waals surface area contributed by atoms with Crippen LogP contribution in [0.15, 0.2) is 103 Å². The number of fused-ring (bicyclic) bond motifs is 3. The summed E-state index contributed by atoms with van der Waals surface area (Å²) in [6.45, 7) is 0.445. The van der Waals surface area contributed by atoms with Crippen molar-refractivity contribution in [2.24, 2.45) is 0 Å². The van der Waals surface area contributed by atoms with Crippen molar-refractivity contribution in [2.45, 2.75) is 6.54 Å². The van der Waals surface area contributed by atoms with Gasteiger partial charge in [0.15, 0.2) is 0 Å². The molecule has 0 bridgehead atoms. The summed E-state index contributed by atoms with van der Waals surface area (Å²) in [5.74, 6) is -0.365. The predicted octanol–water partition coefficient (Wildman–Crippen LogP) is 6.41. The highest BCUT2D eigenvalue weighted by atomic mass is 19.1. The van der Waals surface area contributed by atoms with Crippen molar-refractivity contribution in [3.63, 3.8) is 0 Å². The zero-order valence-corrected chi connectivity index (χ0v) is 17.2. The first-order valence-electron chi connectivity index (χ1n) is 10.5. The highest BCUT2D eigenvalue weighted by Gasteiger charge is 2.35.